The molecule has 0 amide bonds. The van der Waals surface area contributed by atoms with Crippen LogP contribution in [-0.2, 0) is 0 Å². The van der Waals surface area contributed by atoms with E-state index in [2.05, 4.69) is 37.0 Å². The van der Waals surface area contributed by atoms with Gasteiger partial charge in [-0.15, -0.1) is 29.4 Å². The molecule has 1 saturated heterocycles. The molecule has 1 aromatic carbocycles. The third-order valence-corrected chi connectivity index (χ3v) is 5.96. The fourth-order valence-electron chi connectivity index (χ4n) is 2.10. The molecule has 0 spiro atoms. The molecule has 1 aromatic rings. The second kappa shape index (κ2) is 8.88. The van der Waals surface area contributed by atoms with Crippen molar-refractivity contribution < 1.29 is 0 Å². The molecule has 1 heterocycles. The van der Waals surface area contributed by atoms with Crippen molar-refractivity contribution in [2.75, 3.05) is 11.5 Å². The minimum absolute atomic E-state index is 0.0823. The van der Waals surface area contributed by atoms with Crippen molar-refractivity contribution in [1.29, 1.82) is 5.26 Å². The van der Waals surface area contributed by atoms with Crippen molar-refractivity contribution >= 4 is 23.5 Å². The summed E-state index contributed by atoms with van der Waals surface area (Å²) in [7, 11) is 0. The lowest BCUT2D eigenvalue weighted by Crippen LogP contribution is -2.00. The van der Waals surface area contributed by atoms with Gasteiger partial charge in [0.1, 0.15) is 0 Å². The number of benzene rings is 1. The van der Waals surface area contributed by atoms with E-state index in [1.807, 2.05) is 18.2 Å². The van der Waals surface area contributed by atoms with Crippen molar-refractivity contribution in [3.05, 3.63) is 45.7 Å². The van der Waals surface area contributed by atoms with E-state index in [0.29, 0.717) is 0 Å². The molecule has 0 bridgehead atoms. The Labute approximate surface area is 136 Å². The van der Waals surface area contributed by atoms with E-state index in [-0.39, 0.29) is 5.92 Å². The fourth-order valence-corrected chi connectivity index (χ4v) is 4.61. The summed E-state index contributed by atoms with van der Waals surface area (Å²) >= 11 is 3.59. The lowest BCUT2D eigenvalue weighted by Gasteiger charge is -2.12. The largest absolute Gasteiger partial charge is 0.193 e. The first-order chi connectivity index (χ1) is 10.4. The Morgan fingerprint density at radius 2 is 1.95 bits per heavy atom. The first kappa shape index (κ1) is 16.1. The molecule has 0 N–H and O–H groups in total. The summed E-state index contributed by atoms with van der Waals surface area (Å²) in [6, 6.07) is 12.6. The van der Waals surface area contributed by atoms with Gasteiger partial charge in [-0.1, -0.05) is 49.6 Å². The highest BCUT2D eigenvalue weighted by atomic mass is 32.2. The van der Waals surface area contributed by atoms with Gasteiger partial charge >= 0.3 is 0 Å². The van der Waals surface area contributed by atoms with E-state index >= 15 is 0 Å². The molecule has 21 heavy (non-hydrogen) atoms. The van der Waals surface area contributed by atoms with Gasteiger partial charge in [-0.2, -0.15) is 5.26 Å². The van der Waals surface area contributed by atoms with Gasteiger partial charge in [-0.25, -0.2) is 0 Å². The topological polar surface area (TPSA) is 23.8 Å². The van der Waals surface area contributed by atoms with Crippen molar-refractivity contribution in [1.82, 2.24) is 0 Å². The quantitative estimate of drug-likeness (QED) is 0.435. The maximum atomic E-state index is 9.62. The van der Waals surface area contributed by atoms with E-state index in [9.17, 15) is 5.26 Å². The third-order valence-electron chi connectivity index (χ3n) is 3.21. The number of unbranched alkanes of at least 4 members (excludes halogenated alkanes) is 2. The summed E-state index contributed by atoms with van der Waals surface area (Å²) in [5.41, 5.74) is 1.95. The van der Waals surface area contributed by atoms with Crippen LogP contribution in [0.15, 0.2) is 40.1 Å². The molecule has 0 radical (unpaired) electrons. The van der Waals surface area contributed by atoms with Crippen molar-refractivity contribution in [2.24, 2.45) is 0 Å². The lowest BCUT2D eigenvalue weighted by atomic mass is 9.93. The molecule has 1 nitrogen and oxygen atoms in total. The first-order valence-electron chi connectivity index (χ1n) is 7.30. The van der Waals surface area contributed by atoms with Crippen LogP contribution in [-0.4, -0.2) is 11.5 Å². The molecule has 1 aliphatic heterocycles. The molecular formula is C18H19NS2. The van der Waals surface area contributed by atoms with Crippen LogP contribution in [0.4, 0.5) is 0 Å². The second-order valence-corrected chi connectivity index (χ2v) is 7.25. The van der Waals surface area contributed by atoms with E-state index in [1.165, 1.54) is 0 Å². The summed E-state index contributed by atoms with van der Waals surface area (Å²) in [5, 5.41) is 9.62. The Kier molecular flexibility index (Phi) is 6.80. The first-order valence-corrected chi connectivity index (χ1v) is 9.27. The van der Waals surface area contributed by atoms with Gasteiger partial charge in [-0.05, 0) is 12.0 Å². The van der Waals surface area contributed by atoms with Crippen LogP contribution in [0.2, 0.25) is 0 Å². The third kappa shape index (κ3) is 4.60. The zero-order valence-corrected chi connectivity index (χ0v) is 13.9. The maximum absolute atomic E-state index is 9.62. The summed E-state index contributed by atoms with van der Waals surface area (Å²) in [6.07, 6.45) is 3.19. The molecule has 1 unspecified atom stereocenters. The number of nitriles is 1. The van der Waals surface area contributed by atoms with Crippen molar-refractivity contribution in [3.8, 4) is 17.9 Å². The van der Waals surface area contributed by atoms with Gasteiger partial charge in [-0.3, -0.25) is 0 Å². The Morgan fingerprint density at radius 1 is 1.24 bits per heavy atom. The smallest absolute Gasteiger partial charge is 0.0981 e. The molecule has 108 valence electrons. The molecule has 1 fully saturated rings. The number of rotatable bonds is 4. The summed E-state index contributed by atoms with van der Waals surface area (Å²) in [6.45, 7) is 2.17. The highest BCUT2D eigenvalue weighted by molar-refractivity contribution is 8.25. The van der Waals surface area contributed by atoms with Crippen LogP contribution in [0.1, 0.15) is 37.7 Å². The van der Waals surface area contributed by atoms with Crippen molar-refractivity contribution in [2.45, 2.75) is 32.1 Å². The van der Waals surface area contributed by atoms with E-state index in [1.54, 1.807) is 23.5 Å². The molecule has 1 aliphatic rings. The van der Waals surface area contributed by atoms with Crippen LogP contribution in [0.3, 0.4) is 0 Å². The van der Waals surface area contributed by atoms with Crippen LogP contribution >= 0.6 is 23.5 Å². The van der Waals surface area contributed by atoms with Crippen molar-refractivity contribution in [3.63, 3.8) is 0 Å². The molecule has 0 aliphatic carbocycles. The van der Waals surface area contributed by atoms with Crippen LogP contribution in [0, 0.1) is 23.2 Å². The van der Waals surface area contributed by atoms with Gasteiger partial charge in [0.25, 0.3) is 0 Å². The molecule has 3 heteroatoms. The number of thioether (sulfide) groups is 2. The lowest BCUT2D eigenvalue weighted by molar-refractivity contribution is 0.827. The van der Waals surface area contributed by atoms with Gasteiger partial charge < -0.3 is 0 Å². The summed E-state index contributed by atoms with van der Waals surface area (Å²) in [5.74, 6) is 8.72. The van der Waals surface area contributed by atoms with Gasteiger partial charge in [0.05, 0.1) is 21.8 Å². The second-order valence-electron chi connectivity index (χ2n) is 4.78. The minimum atomic E-state index is -0.0823. The number of hydrogen-bond donors (Lipinski definition) is 0. The fraction of sp³-hybridized carbons (Fsp3) is 0.389. The zero-order chi connectivity index (χ0) is 14.9. The van der Waals surface area contributed by atoms with Gasteiger partial charge in [0, 0.05) is 17.9 Å². The van der Waals surface area contributed by atoms with Crippen LogP contribution < -0.4 is 0 Å². The number of nitrogens with zero attached hydrogens (tertiary/aromatic N) is 1. The molecule has 0 saturated carbocycles. The summed E-state index contributed by atoms with van der Waals surface area (Å²) < 4.78 is 1.16. The van der Waals surface area contributed by atoms with Crippen LogP contribution in [0.25, 0.3) is 0 Å². The molecular weight excluding hydrogens is 294 g/mol. The standard InChI is InChI=1S/C18H19NS2/c1-2-3-4-8-11-16(15-9-6-5-7-10-15)17(14-19)18-20-12-13-21-18/h5-7,9-10,16H,2-4,12-13H2,1H3. The molecule has 1 atom stereocenters. The van der Waals surface area contributed by atoms with E-state index in [0.717, 1.165) is 46.1 Å². The highest BCUT2D eigenvalue weighted by Crippen LogP contribution is 2.42. The molecule has 0 aromatic heterocycles. The average molecular weight is 313 g/mol. The number of hydrogen-bond acceptors (Lipinski definition) is 3. The predicted molar refractivity (Wildman–Crippen MR) is 94.0 cm³/mol. The minimum Gasteiger partial charge on any atom is -0.193 e. The Bertz CT molecular complexity index is 579. The normalized spacial score (nSPS) is 15.0. The summed E-state index contributed by atoms with van der Waals surface area (Å²) in [4.78, 5) is 0. The van der Waals surface area contributed by atoms with E-state index < -0.39 is 0 Å². The Balaban J connectivity index is 2.33. The molecule has 2 rings (SSSR count). The highest BCUT2D eigenvalue weighted by Gasteiger charge is 2.22. The Hall–Kier alpha value is -1.29. The van der Waals surface area contributed by atoms with Crippen LogP contribution in [0.5, 0.6) is 0 Å². The maximum Gasteiger partial charge on any atom is 0.0981 e. The van der Waals surface area contributed by atoms with Gasteiger partial charge in [0.15, 0.2) is 0 Å². The van der Waals surface area contributed by atoms with Gasteiger partial charge in [0.2, 0.25) is 0 Å². The predicted octanol–water partition coefficient (Wildman–Crippen LogP) is 5.18. The average Bonchev–Trinajstić information content (AvgIpc) is 3.05. The van der Waals surface area contributed by atoms with E-state index in [4.69, 9.17) is 0 Å². The Morgan fingerprint density at radius 3 is 2.57 bits per heavy atom. The zero-order valence-electron chi connectivity index (χ0n) is 12.3. The number of allylic oxidation sites excluding steroid dienone is 1. The monoisotopic (exact) mass is 313 g/mol. The SMILES string of the molecule is CCCCC#CC(C(C#N)=C1SCCS1)c1ccccc1.